The highest BCUT2D eigenvalue weighted by molar-refractivity contribution is 8.00. The molecule has 0 fully saturated rings. The van der Waals surface area contributed by atoms with Gasteiger partial charge in [-0.15, -0.1) is 10.2 Å². The number of nitrogens with two attached hydrogens (primary N) is 1. The molecule has 0 spiro atoms. The van der Waals surface area contributed by atoms with Crippen molar-refractivity contribution in [3.8, 4) is 11.8 Å². The lowest BCUT2D eigenvalue weighted by molar-refractivity contribution is -0.116. The largest absolute Gasteiger partial charge is 0.494 e. The van der Waals surface area contributed by atoms with Crippen molar-refractivity contribution in [2.45, 2.75) is 42.2 Å². The van der Waals surface area contributed by atoms with Gasteiger partial charge in [0.15, 0.2) is 10.1 Å². The summed E-state index contributed by atoms with van der Waals surface area (Å²) in [5, 5.41) is 19.5. The molecule has 2 aromatic carbocycles. The zero-order chi connectivity index (χ0) is 25.1. The molecule has 1 atom stereocenters. The second-order valence-electron chi connectivity index (χ2n) is 8.44. The van der Waals surface area contributed by atoms with Crippen LogP contribution >= 0.6 is 23.1 Å². The number of carbonyl (C=O) groups excluding carboxylic acids is 1. The Bertz CT molecular complexity index is 1370. The van der Waals surface area contributed by atoms with Crippen LogP contribution < -0.4 is 15.4 Å². The third-order valence-corrected chi connectivity index (χ3v) is 8.34. The standard InChI is InChI=1S/C27H25N5O2S2/c1-2-34-19-13-11-18(12-14-19)23-20(15-28)25(29)32(21-9-6-10-22(33)24(21)23)26-30-31-27(36-26)35-16-17-7-4-3-5-8-17/h3-5,7-8,11-14,23H,2,6,9-10,16,29H2,1H3. The number of aromatic nitrogens is 2. The van der Waals surface area contributed by atoms with E-state index in [0.29, 0.717) is 41.5 Å². The molecular formula is C27H25N5O2S2. The third-order valence-electron chi connectivity index (χ3n) is 6.23. The maximum absolute atomic E-state index is 13.3. The number of ketones is 1. The van der Waals surface area contributed by atoms with E-state index >= 15 is 0 Å². The first kappa shape index (κ1) is 24.1. The number of hydrogen-bond acceptors (Lipinski definition) is 9. The van der Waals surface area contributed by atoms with E-state index in [0.717, 1.165) is 33.5 Å². The molecular weight excluding hydrogens is 490 g/mol. The van der Waals surface area contributed by atoms with Gasteiger partial charge in [0.1, 0.15) is 11.6 Å². The number of benzene rings is 2. The van der Waals surface area contributed by atoms with E-state index in [-0.39, 0.29) is 5.78 Å². The number of Topliss-reactive ketones (excluding diaryl/α,β-unsaturated/α-hetero) is 1. The van der Waals surface area contributed by atoms with Gasteiger partial charge in [0.2, 0.25) is 5.13 Å². The first-order chi connectivity index (χ1) is 17.6. The monoisotopic (exact) mass is 515 g/mol. The SMILES string of the molecule is CCOc1ccc(C2C(C#N)=C(N)N(c3nnc(SCc4ccccc4)s3)C3=C2C(=O)CCC3)cc1. The molecule has 2 heterocycles. The van der Waals surface area contributed by atoms with Crippen LogP contribution in [-0.4, -0.2) is 22.6 Å². The number of nitriles is 1. The van der Waals surface area contributed by atoms with Gasteiger partial charge in [0.05, 0.1) is 24.2 Å². The lowest BCUT2D eigenvalue weighted by Crippen LogP contribution is -2.38. The molecule has 1 aliphatic carbocycles. The van der Waals surface area contributed by atoms with Crippen molar-refractivity contribution in [1.29, 1.82) is 5.26 Å². The van der Waals surface area contributed by atoms with Gasteiger partial charge in [-0.25, -0.2) is 0 Å². The van der Waals surface area contributed by atoms with Gasteiger partial charge in [-0.3, -0.25) is 9.69 Å². The highest BCUT2D eigenvalue weighted by Crippen LogP contribution is 2.47. The molecule has 3 aromatic rings. The topological polar surface area (TPSA) is 105 Å². The van der Waals surface area contributed by atoms with E-state index in [9.17, 15) is 10.1 Å². The molecule has 0 saturated heterocycles. The van der Waals surface area contributed by atoms with Crippen LogP contribution in [0.2, 0.25) is 0 Å². The molecule has 0 bridgehead atoms. The van der Waals surface area contributed by atoms with Crippen LogP contribution in [0, 0.1) is 11.3 Å². The van der Waals surface area contributed by atoms with E-state index in [4.69, 9.17) is 10.5 Å². The molecule has 182 valence electrons. The summed E-state index contributed by atoms with van der Waals surface area (Å²) in [5.41, 5.74) is 10.5. The minimum atomic E-state index is -0.510. The number of anilines is 1. The Morgan fingerprint density at radius 2 is 1.94 bits per heavy atom. The van der Waals surface area contributed by atoms with Crippen molar-refractivity contribution in [2.75, 3.05) is 11.5 Å². The molecule has 0 radical (unpaired) electrons. The second-order valence-corrected chi connectivity index (χ2v) is 10.6. The van der Waals surface area contributed by atoms with Crippen molar-refractivity contribution in [1.82, 2.24) is 10.2 Å². The van der Waals surface area contributed by atoms with E-state index in [1.807, 2.05) is 49.4 Å². The predicted molar refractivity (Wildman–Crippen MR) is 141 cm³/mol. The molecule has 9 heteroatoms. The van der Waals surface area contributed by atoms with Crippen molar-refractivity contribution >= 4 is 34.0 Å². The van der Waals surface area contributed by atoms with Crippen molar-refractivity contribution in [2.24, 2.45) is 5.73 Å². The number of allylic oxidation sites excluding steroid dienone is 3. The molecule has 1 aliphatic heterocycles. The summed E-state index contributed by atoms with van der Waals surface area (Å²) in [7, 11) is 0. The molecule has 1 unspecified atom stereocenters. The van der Waals surface area contributed by atoms with Crippen molar-refractivity contribution < 1.29 is 9.53 Å². The lowest BCUT2D eigenvalue weighted by Gasteiger charge is -2.38. The number of hydrogen-bond donors (Lipinski definition) is 1. The third kappa shape index (κ3) is 4.62. The second kappa shape index (κ2) is 10.6. The quantitative estimate of drug-likeness (QED) is 0.409. The van der Waals surface area contributed by atoms with Crippen LogP contribution in [0.1, 0.15) is 43.2 Å². The zero-order valence-electron chi connectivity index (χ0n) is 19.8. The van der Waals surface area contributed by atoms with Gasteiger partial charge in [-0.1, -0.05) is 65.6 Å². The summed E-state index contributed by atoms with van der Waals surface area (Å²) in [6, 6.07) is 20.0. The fourth-order valence-electron chi connectivity index (χ4n) is 4.63. The van der Waals surface area contributed by atoms with Gasteiger partial charge in [0, 0.05) is 23.4 Å². The van der Waals surface area contributed by atoms with Crippen LogP contribution in [0.15, 0.2) is 81.6 Å². The minimum absolute atomic E-state index is 0.0450. The molecule has 2 N–H and O–H groups in total. The highest BCUT2D eigenvalue weighted by Gasteiger charge is 2.41. The Balaban J connectivity index is 1.51. The van der Waals surface area contributed by atoms with Gasteiger partial charge in [-0.2, -0.15) is 5.26 Å². The molecule has 0 saturated carbocycles. The number of carbonyl (C=O) groups is 1. The van der Waals surface area contributed by atoms with E-state index in [1.54, 1.807) is 16.7 Å². The summed E-state index contributed by atoms with van der Waals surface area (Å²) in [5.74, 6) is 1.36. The summed E-state index contributed by atoms with van der Waals surface area (Å²) in [6.07, 6.45) is 1.86. The van der Waals surface area contributed by atoms with Gasteiger partial charge in [0.25, 0.3) is 0 Å². The summed E-state index contributed by atoms with van der Waals surface area (Å²) in [4.78, 5) is 15.1. The number of nitrogens with zero attached hydrogens (tertiary/aromatic N) is 4. The molecule has 2 aliphatic rings. The van der Waals surface area contributed by atoms with E-state index < -0.39 is 5.92 Å². The van der Waals surface area contributed by atoms with E-state index in [1.165, 1.54) is 16.9 Å². The molecule has 1 aromatic heterocycles. The van der Waals surface area contributed by atoms with Crippen LogP contribution in [0.4, 0.5) is 5.13 Å². The highest BCUT2D eigenvalue weighted by atomic mass is 32.2. The molecule has 0 amide bonds. The predicted octanol–water partition coefficient (Wildman–Crippen LogP) is 5.53. The first-order valence-electron chi connectivity index (χ1n) is 11.8. The minimum Gasteiger partial charge on any atom is -0.494 e. The smallest absolute Gasteiger partial charge is 0.219 e. The molecule has 36 heavy (non-hydrogen) atoms. The average Bonchev–Trinajstić information content (AvgIpc) is 3.37. The molecule has 7 nitrogen and oxygen atoms in total. The normalized spacial score (nSPS) is 17.7. The van der Waals surface area contributed by atoms with Crippen LogP contribution in [-0.2, 0) is 10.5 Å². The fraction of sp³-hybridized carbons (Fsp3) is 0.259. The van der Waals surface area contributed by atoms with Gasteiger partial charge < -0.3 is 10.5 Å². The Morgan fingerprint density at radius 3 is 2.67 bits per heavy atom. The maximum Gasteiger partial charge on any atom is 0.219 e. The van der Waals surface area contributed by atoms with Crippen molar-refractivity contribution in [3.63, 3.8) is 0 Å². The maximum atomic E-state index is 13.3. The first-order valence-corrected chi connectivity index (χ1v) is 13.6. The number of rotatable bonds is 7. The average molecular weight is 516 g/mol. The summed E-state index contributed by atoms with van der Waals surface area (Å²) in [6.45, 7) is 2.49. The van der Waals surface area contributed by atoms with Crippen LogP contribution in [0.3, 0.4) is 0 Å². The fourth-order valence-corrected chi connectivity index (χ4v) is 6.47. The van der Waals surface area contributed by atoms with Gasteiger partial charge >= 0.3 is 0 Å². The Labute approximate surface area is 218 Å². The van der Waals surface area contributed by atoms with E-state index in [2.05, 4.69) is 28.4 Å². The Hall–Kier alpha value is -3.61. The Kier molecular flexibility index (Phi) is 7.07. The van der Waals surface area contributed by atoms with Gasteiger partial charge in [-0.05, 0) is 43.0 Å². The zero-order valence-corrected chi connectivity index (χ0v) is 21.4. The Morgan fingerprint density at radius 1 is 1.17 bits per heavy atom. The number of thioether (sulfide) groups is 1. The van der Waals surface area contributed by atoms with Crippen LogP contribution in [0.5, 0.6) is 5.75 Å². The lowest BCUT2D eigenvalue weighted by atomic mass is 9.76. The van der Waals surface area contributed by atoms with Crippen molar-refractivity contribution in [3.05, 3.63) is 88.4 Å². The summed E-state index contributed by atoms with van der Waals surface area (Å²) >= 11 is 3.02. The summed E-state index contributed by atoms with van der Waals surface area (Å²) < 4.78 is 6.37. The van der Waals surface area contributed by atoms with Crippen LogP contribution in [0.25, 0.3) is 0 Å². The number of ether oxygens (including phenoxy) is 1. The molecule has 5 rings (SSSR count).